The van der Waals surface area contributed by atoms with Gasteiger partial charge in [0.15, 0.2) is 5.78 Å². The predicted octanol–water partition coefficient (Wildman–Crippen LogP) is 4.69. The van der Waals surface area contributed by atoms with Crippen molar-refractivity contribution in [3.63, 3.8) is 0 Å². The number of Topliss-reactive ketones (excluding diaryl/α,β-unsaturated/α-hetero) is 1. The molecule has 1 aliphatic heterocycles. The van der Waals surface area contributed by atoms with Crippen molar-refractivity contribution in [3.8, 4) is 5.75 Å². The molecule has 1 atom stereocenters. The fraction of sp³-hybridized carbons (Fsp3) is 0.227. The van der Waals surface area contributed by atoms with Crippen LogP contribution in [0.15, 0.2) is 48.5 Å². The van der Waals surface area contributed by atoms with Crippen molar-refractivity contribution in [2.24, 2.45) is 0 Å². The highest BCUT2D eigenvalue weighted by Gasteiger charge is 2.27. The van der Waals surface area contributed by atoms with E-state index in [4.69, 9.17) is 4.74 Å². The number of hydrogen-bond donors (Lipinski definition) is 1. The molecule has 5 rings (SSSR count). The highest BCUT2D eigenvalue weighted by Crippen LogP contribution is 2.41. The number of anilines is 1. The van der Waals surface area contributed by atoms with Gasteiger partial charge in [0.1, 0.15) is 5.75 Å². The van der Waals surface area contributed by atoms with Crippen LogP contribution in [-0.2, 0) is 12.8 Å². The minimum Gasteiger partial charge on any atom is -0.497 e. The van der Waals surface area contributed by atoms with Crippen molar-refractivity contribution in [3.05, 3.63) is 70.8 Å². The van der Waals surface area contributed by atoms with Crippen LogP contribution >= 0.6 is 0 Å². The van der Waals surface area contributed by atoms with Crippen molar-refractivity contribution in [2.45, 2.75) is 25.3 Å². The average Bonchev–Trinajstić information content (AvgIpc) is 3.01. The summed E-state index contributed by atoms with van der Waals surface area (Å²) in [6.45, 7) is 0. The van der Waals surface area contributed by atoms with E-state index < -0.39 is 0 Å². The third-order valence-corrected chi connectivity index (χ3v) is 5.53. The minimum absolute atomic E-state index is 0.0240. The van der Waals surface area contributed by atoms with Crippen LogP contribution in [0.1, 0.15) is 39.5 Å². The van der Waals surface area contributed by atoms with E-state index in [-0.39, 0.29) is 11.8 Å². The lowest BCUT2D eigenvalue weighted by Gasteiger charge is -2.18. The molecule has 2 aliphatic rings. The largest absolute Gasteiger partial charge is 0.497 e. The molecule has 3 aromatic rings. The van der Waals surface area contributed by atoms with Crippen LogP contribution in [0.5, 0.6) is 5.75 Å². The highest BCUT2D eigenvalue weighted by molar-refractivity contribution is 6.15. The van der Waals surface area contributed by atoms with E-state index in [1.807, 2.05) is 30.3 Å². The minimum atomic E-state index is -0.0240. The molecule has 1 N–H and O–H groups in total. The fourth-order valence-corrected chi connectivity index (χ4v) is 4.25. The molecule has 0 radical (unpaired) electrons. The van der Waals surface area contributed by atoms with Gasteiger partial charge in [0.05, 0.1) is 13.2 Å². The number of ether oxygens (including phenoxy) is 1. The Hall–Kier alpha value is -2.81. The Labute approximate surface area is 146 Å². The average molecular weight is 329 g/mol. The fourth-order valence-electron chi connectivity index (χ4n) is 4.25. The van der Waals surface area contributed by atoms with Gasteiger partial charge in [0.25, 0.3) is 0 Å². The third-order valence-electron chi connectivity index (χ3n) is 5.53. The normalized spacial score (nSPS) is 18.1. The zero-order valence-corrected chi connectivity index (χ0v) is 14.1. The van der Waals surface area contributed by atoms with E-state index >= 15 is 0 Å². The number of nitrogens with one attached hydrogen (secondary N) is 1. The van der Waals surface area contributed by atoms with Gasteiger partial charge in [-0.05, 0) is 53.1 Å². The second-order valence-corrected chi connectivity index (χ2v) is 6.89. The van der Waals surface area contributed by atoms with Crippen LogP contribution in [0.4, 0.5) is 5.69 Å². The maximum absolute atomic E-state index is 13.0. The lowest BCUT2D eigenvalue weighted by molar-refractivity contribution is 0.0979. The number of methoxy groups -OCH3 is 1. The van der Waals surface area contributed by atoms with Gasteiger partial charge >= 0.3 is 0 Å². The van der Waals surface area contributed by atoms with Gasteiger partial charge in [-0.3, -0.25) is 4.79 Å². The molecule has 0 amide bonds. The van der Waals surface area contributed by atoms with Gasteiger partial charge in [0, 0.05) is 23.1 Å². The summed E-state index contributed by atoms with van der Waals surface area (Å²) in [5.74, 6) is 1.04. The van der Waals surface area contributed by atoms with E-state index in [1.54, 1.807) is 7.11 Å². The van der Waals surface area contributed by atoms with Crippen LogP contribution < -0.4 is 10.1 Å². The molecular formula is C22H19NO2. The molecule has 0 fully saturated rings. The standard InChI is InChI=1S/C22H19NO2/c1-25-16-8-4-13(5-9-16)19-12-20(24)17-10-6-14-2-3-15-7-11-18(23-19)22(17)21(14)15/h4-11,19,23H,2-3,12H2,1H3. The number of aryl methyl sites for hydroxylation is 2. The van der Waals surface area contributed by atoms with Crippen molar-refractivity contribution in [1.29, 1.82) is 0 Å². The zero-order valence-electron chi connectivity index (χ0n) is 14.1. The number of carbonyl (C=O) groups excluding carboxylic acids is 1. The van der Waals surface area contributed by atoms with Gasteiger partial charge < -0.3 is 10.1 Å². The van der Waals surface area contributed by atoms with Gasteiger partial charge in [-0.15, -0.1) is 0 Å². The summed E-state index contributed by atoms with van der Waals surface area (Å²) >= 11 is 0. The molecule has 1 unspecified atom stereocenters. The first-order valence-corrected chi connectivity index (χ1v) is 8.76. The first kappa shape index (κ1) is 14.5. The Morgan fingerprint density at radius 2 is 1.64 bits per heavy atom. The molecule has 3 nitrogen and oxygen atoms in total. The molecule has 3 heteroatoms. The second-order valence-electron chi connectivity index (χ2n) is 6.89. The summed E-state index contributed by atoms with van der Waals surface area (Å²) in [6, 6.07) is 16.5. The summed E-state index contributed by atoms with van der Waals surface area (Å²) in [4.78, 5) is 13.0. The molecule has 124 valence electrons. The Morgan fingerprint density at radius 1 is 0.920 bits per heavy atom. The molecular weight excluding hydrogens is 310 g/mol. The molecule has 3 aromatic carbocycles. The van der Waals surface area contributed by atoms with Crippen molar-refractivity contribution in [1.82, 2.24) is 0 Å². The lowest BCUT2D eigenvalue weighted by atomic mass is 9.95. The topological polar surface area (TPSA) is 38.3 Å². The summed E-state index contributed by atoms with van der Waals surface area (Å²) in [5.41, 5.74) is 5.78. The Morgan fingerprint density at radius 3 is 2.36 bits per heavy atom. The third kappa shape index (κ3) is 2.15. The smallest absolute Gasteiger partial charge is 0.165 e. The molecule has 0 saturated carbocycles. The van der Waals surface area contributed by atoms with Gasteiger partial charge in [-0.1, -0.05) is 30.3 Å². The van der Waals surface area contributed by atoms with E-state index in [0.29, 0.717) is 6.42 Å². The van der Waals surface area contributed by atoms with Crippen molar-refractivity contribution in [2.75, 3.05) is 12.4 Å². The molecule has 1 heterocycles. The van der Waals surface area contributed by atoms with Crippen molar-refractivity contribution < 1.29 is 9.53 Å². The Balaban J connectivity index is 1.65. The van der Waals surface area contributed by atoms with Crippen LogP contribution in [0.2, 0.25) is 0 Å². The van der Waals surface area contributed by atoms with Crippen LogP contribution in [0, 0.1) is 0 Å². The highest BCUT2D eigenvalue weighted by atomic mass is 16.5. The SMILES string of the molecule is COc1ccc(C2CC(=O)c3ccc4c5c(ccc(c35)N2)CC4)cc1. The summed E-state index contributed by atoms with van der Waals surface area (Å²) < 4.78 is 5.25. The maximum Gasteiger partial charge on any atom is 0.165 e. The zero-order chi connectivity index (χ0) is 17.0. The Bertz CT molecular complexity index is 994. The predicted molar refractivity (Wildman–Crippen MR) is 99.7 cm³/mol. The molecule has 25 heavy (non-hydrogen) atoms. The van der Waals surface area contributed by atoms with Crippen molar-refractivity contribution >= 4 is 22.2 Å². The number of hydrogen-bond acceptors (Lipinski definition) is 3. The molecule has 1 aliphatic carbocycles. The van der Waals surface area contributed by atoms with Crippen LogP contribution in [0.25, 0.3) is 10.8 Å². The van der Waals surface area contributed by atoms with E-state index in [1.165, 1.54) is 16.5 Å². The summed E-state index contributed by atoms with van der Waals surface area (Å²) in [6.07, 6.45) is 2.61. The molecule has 0 bridgehead atoms. The number of carbonyl (C=O) groups is 1. The van der Waals surface area contributed by atoms with Gasteiger partial charge in [-0.2, -0.15) is 0 Å². The monoisotopic (exact) mass is 329 g/mol. The first-order valence-electron chi connectivity index (χ1n) is 8.76. The number of rotatable bonds is 2. The first-order chi connectivity index (χ1) is 12.2. The van der Waals surface area contributed by atoms with E-state index in [0.717, 1.165) is 40.8 Å². The van der Waals surface area contributed by atoms with E-state index in [2.05, 4.69) is 23.5 Å². The van der Waals surface area contributed by atoms with Crippen LogP contribution in [0.3, 0.4) is 0 Å². The maximum atomic E-state index is 13.0. The number of benzene rings is 3. The molecule has 0 saturated heterocycles. The van der Waals surface area contributed by atoms with Gasteiger partial charge in [0.2, 0.25) is 0 Å². The summed E-state index contributed by atoms with van der Waals surface area (Å²) in [7, 11) is 1.66. The molecule has 0 aromatic heterocycles. The lowest BCUT2D eigenvalue weighted by Crippen LogP contribution is -2.12. The number of ketones is 1. The quantitative estimate of drug-likeness (QED) is 0.741. The molecule has 0 spiro atoms. The Kier molecular flexibility index (Phi) is 3.11. The van der Waals surface area contributed by atoms with Crippen LogP contribution in [-0.4, -0.2) is 12.9 Å². The van der Waals surface area contributed by atoms with Gasteiger partial charge in [-0.25, -0.2) is 0 Å². The van der Waals surface area contributed by atoms with E-state index in [9.17, 15) is 4.79 Å². The summed E-state index contributed by atoms with van der Waals surface area (Å²) in [5, 5.41) is 6.04. The second kappa shape index (κ2) is 5.35.